The zero-order valence-corrected chi connectivity index (χ0v) is 25.3. The summed E-state index contributed by atoms with van der Waals surface area (Å²) in [7, 11) is -2.83. The Hall–Kier alpha value is -2.67. The molecule has 0 spiro atoms. The van der Waals surface area contributed by atoms with Crippen molar-refractivity contribution in [2.75, 3.05) is 28.4 Å². The summed E-state index contributed by atoms with van der Waals surface area (Å²) in [5, 5.41) is 3.26. The Kier molecular flexibility index (Phi) is 7.68. The third kappa shape index (κ3) is 3.83. The lowest BCUT2D eigenvalue weighted by Gasteiger charge is -2.60. The van der Waals surface area contributed by atoms with Gasteiger partial charge in [-0.15, -0.1) is 0 Å². The lowest BCUT2D eigenvalue weighted by atomic mass is 10.1. The van der Waals surface area contributed by atoms with Crippen LogP contribution in [-0.4, -0.2) is 51.7 Å². The average molecular weight is 559 g/mol. The van der Waals surface area contributed by atoms with Gasteiger partial charge in [-0.3, -0.25) is 0 Å². The molecule has 0 amide bonds. The molecule has 1 aliphatic rings. The van der Waals surface area contributed by atoms with E-state index in [9.17, 15) is 0 Å². The number of hydrogen-bond donors (Lipinski definition) is 0. The van der Waals surface area contributed by atoms with Crippen LogP contribution in [0.2, 0.25) is 6.04 Å². The molecular weight excluding hydrogens is 525 g/mol. The van der Waals surface area contributed by atoms with E-state index in [4.69, 9.17) is 22.4 Å². The summed E-state index contributed by atoms with van der Waals surface area (Å²) in [4.78, 5) is 0. The number of rotatable bonds is 8. The van der Waals surface area contributed by atoms with Crippen molar-refractivity contribution in [3.63, 3.8) is 0 Å². The summed E-state index contributed by atoms with van der Waals surface area (Å²) < 4.78 is 34.6. The minimum absolute atomic E-state index is 0.489. The van der Waals surface area contributed by atoms with Crippen LogP contribution in [-0.2, 0) is 28.2 Å². The highest BCUT2D eigenvalue weighted by Gasteiger charge is 2.82. The van der Waals surface area contributed by atoms with Crippen LogP contribution in [0.4, 0.5) is 0 Å². The Labute approximate surface area is 228 Å². The zero-order chi connectivity index (χ0) is 26.7. The van der Waals surface area contributed by atoms with Crippen molar-refractivity contribution >= 4 is 38.8 Å². The molecule has 196 valence electrons. The van der Waals surface area contributed by atoms with Gasteiger partial charge in [-0.2, -0.15) is 0 Å². The number of hydrogen-bond acceptors (Lipinski definition) is 5. The van der Waals surface area contributed by atoms with Crippen molar-refractivity contribution in [2.24, 2.45) is 0 Å². The van der Waals surface area contributed by atoms with Crippen LogP contribution in [0.1, 0.15) is 5.56 Å². The molecule has 0 bridgehead atoms. The maximum atomic E-state index is 7.63. The van der Waals surface area contributed by atoms with Crippen LogP contribution in [0.15, 0.2) is 121 Å². The molecule has 1 saturated heterocycles. The summed E-state index contributed by atoms with van der Waals surface area (Å²) >= 11 is 0. The van der Waals surface area contributed by atoms with Gasteiger partial charge in [-0.1, -0.05) is 121 Å². The highest BCUT2D eigenvalue weighted by molar-refractivity contribution is 7.70. The van der Waals surface area contributed by atoms with Crippen molar-refractivity contribution in [3.05, 3.63) is 127 Å². The summed E-state index contributed by atoms with van der Waals surface area (Å²) in [6.07, 6.45) is 0. The molecule has 5 rings (SSSR count). The largest absolute Gasteiger partial charge is 0.413 e. The predicted octanol–water partition coefficient (Wildman–Crippen LogP) is 3.67. The quantitative estimate of drug-likeness (QED) is 0.309. The van der Waals surface area contributed by atoms with E-state index in [2.05, 4.69) is 84.9 Å². The minimum Gasteiger partial charge on any atom is -0.413 e. The van der Waals surface area contributed by atoms with E-state index in [1.54, 1.807) is 21.3 Å². The van der Waals surface area contributed by atoms with Crippen LogP contribution in [0.3, 0.4) is 0 Å². The van der Waals surface area contributed by atoms with E-state index < -0.39 is 29.1 Å². The summed E-state index contributed by atoms with van der Waals surface area (Å²) in [5.41, 5.74) is 0.950. The van der Waals surface area contributed by atoms with Gasteiger partial charge in [0.2, 0.25) is 0 Å². The van der Waals surface area contributed by atoms with Gasteiger partial charge >= 0.3 is 15.4 Å². The molecule has 4 aromatic carbocycles. The molecular formula is C30H34O5Si3. The monoisotopic (exact) mass is 558 g/mol. The topological polar surface area (TPSA) is 46.2 Å². The average Bonchev–Trinajstić information content (AvgIpc) is 3.02. The van der Waals surface area contributed by atoms with Gasteiger partial charge in [0, 0.05) is 40.0 Å². The Morgan fingerprint density at radius 1 is 0.553 bits per heavy atom. The molecule has 1 fully saturated rings. The maximum Gasteiger partial charge on any atom is 0.377 e. The minimum atomic E-state index is -3.40. The second-order valence-corrected chi connectivity index (χ2v) is 27.2. The third-order valence-corrected chi connectivity index (χ3v) is 36.1. The predicted molar refractivity (Wildman–Crippen MR) is 158 cm³/mol. The van der Waals surface area contributed by atoms with Crippen molar-refractivity contribution in [2.45, 2.75) is 11.8 Å². The fourth-order valence-electron chi connectivity index (χ4n) is 6.20. The van der Waals surface area contributed by atoms with Crippen LogP contribution < -0.4 is 15.6 Å². The normalized spacial score (nSPS) is 24.1. The fourth-order valence-corrected chi connectivity index (χ4v) is 39.8. The van der Waals surface area contributed by atoms with Gasteiger partial charge < -0.3 is 22.4 Å². The van der Waals surface area contributed by atoms with Gasteiger partial charge in [0.05, 0.1) is 0 Å². The molecule has 2 unspecified atom stereocenters. The molecule has 0 saturated carbocycles. The Morgan fingerprint density at radius 2 is 0.974 bits per heavy atom. The first-order chi connectivity index (χ1) is 18.6. The van der Waals surface area contributed by atoms with Crippen LogP contribution in [0.5, 0.6) is 0 Å². The molecule has 0 N–H and O–H groups in total. The first-order valence-electron chi connectivity index (χ1n) is 12.7. The maximum absolute atomic E-state index is 7.63. The van der Waals surface area contributed by atoms with Gasteiger partial charge in [-0.25, -0.2) is 0 Å². The highest BCUT2D eigenvalue weighted by atomic mass is 29.7. The van der Waals surface area contributed by atoms with E-state index in [1.807, 2.05) is 43.5 Å². The second-order valence-electron chi connectivity index (χ2n) is 9.44. The van der Waals surface area contributed by atoms with E-state index in [-0.39, 0.29) is 0 Å². The Bertz CT molecular complexity index is 1280. The molecule has 38 heavy (non-hydrogen) atoms. The van der Waals surface area contributed by atoms with Gasteiger partial charge in [0.15, 0.2) is 5.79 Å². The van der Waals surface area contributed by atoms with Crippen molar-refractivity contribution in [3.8, 4) is 0 Å². The second kappa shape index (κ2) is 10.8. The summed E-state index contributed by atoms with van der Waals surface area (Å²) in [5.74, 6) is -1.08. The van der Waals surface area contributed by atoms with Crippen LogP contribution >= 0.6 is 0 Å². The molecule has 2 atom stereocenters. The Morgan fingerprint density at radius 3 is 1.37 bits per heavy atom. The standard InChI is InChI=1S/C30H34O5Si3/c1-31-30(26-17-9-5-10-18-26)25-36(32-2,27-19-11-6-12-20-27)38(33-3,34-4)37(35-30,28-21-13-7-14-22-28)29-23-15-8-16-24-29/h5-24H,25H2,1-4H3. The zero-order valence-electron chi connectivity index (χ0n) is 22.3. The molecule has 4 aromatic rings. The van der Waals surface area contributed by atoms with Gasteiger partial charge in [0.25, 0.3) is 7.83 Å². The molecule has 0 aromatic heterocycles. The van der Waals surface area contributed by atoms with Gasteiger partial charge in [0.1, 0.15) is 0 Å². The van der Waals surface area contributed by atoms with E-state index >= 15 is 0 Å². The number of benzene rings is 4. The van der Waals surface area contributed by atoms with E-state index in [0.717, 1.165) is 21.1 Å². The lowest BCUT2D eigenvalue weighted by molar-refractivity contribution is -0.165. The van der Waals surface area contributed by atoms with Gasteiger partial charge in [-0.05, 0) is 15.6 Å². The number of ether oxygens (including phenoxy) is 1. The molecule has 8 heteroatoms. The van der Waals surface area contributed by atoms with E-state index in [1.165, 1.54) is 0 Å². The highest BCUT2D eigenvalue weighted by Crippen LogP contribution is 2.49. The molecule has 5 nitrogen and oxygen atoms in total. The van der Waals surface area contributed by atoms with Crippen molar-refractivity contribution < 1.29 is 22.4 Å². The first-order valence-corrected chi connectivity index (χ1v) is 20.5. The van der Waals surface area contributed by atoms with Crippen molar-refractivity contribution in [1.82, 2.24) is 0 Å². The van der Waals surface area contributed by atoms with Crippen LogP contribution in [0, 0.1) is 0 Å². The smallest absolute Gasteiger partial charge is 0.377 e. The summed E-state index contributed by atoms with van der Waals surface area (Å²) in [6.45, 7) is 0. The molecule has 0 radical (unpaired) electrons. The SMILES string of the molecule is COC1(c2ccccc2)C[Si](OC)(c2ccccc2)[Si](OC)(OC)[Si](c2ccccc2)(c2ccccc2)O1. The van der Waals surface area contributed by atoms with Crippen LogP contribution in [0.25, 0.3) is 0 Å². The first kappa shape index (κ1) is 26.9. The third-order valence-electron chi connectivity index (χ3n) is 7.86. The van der Waals surface area contributed by atoms with Crippen molar-refractivity contribution in [1.29, 1.82) is 0 Å². The number of methoxy groups -OCH3 is 1. The Balaban J connectivity index is 1.98. The molecule has 1 heterocycles. The fraction of sp³-hybridized carbons (Fsp3) is 0.200. The van der Waals surface area contributed by atoms with E-state index in [0.29, 0.717) is 6.04 Å². The molecule has 0 aliphatic carbocycles. The lowest BCUT2D eigenvalue weighted by Crippen LogP contribution is -2.96. The molecule has 1 aliphatic heterocycles. The summed E-state index contributed by atoms with van der Waals surface area (Å²) in [6, 6.07) is 42.1.